The minimum Gasteiger partial charge on any atom is -0.326 e. The Morgan fingerprint density at radius 1 is 1.14 bits per heavy atom. The SMILES string of the molecule is Cc1cccc(-n2cc(-c3cc(F)cc(CN)c3)cn2)c1. The van der Waals surface area contributed by atoms with Crippen LogP contribution < -0.4 is 5.73 Å². The summed E-state index contributed by atoms with van der Waals surface area (Å²) >= 11 is 0. The van der Waals surface area contributed by atoms with Crippen LogP contribution in [-0.2, 0) is 6.54 Å². The first kappa shape index (κ1) is 13.5. The van der Waals surface area contributed by atoms with Gasteiger partial charge in [0.25, 0.3) is 0 Å². The Bertz CT molecular complexity index is 777. The van der Waals surface area contributed by atoms with Gasteiger partial charge in [0.1, 0.15) is 5.82 Å². The fourth-order valence-electron chi connectivity index (χ4n) is 2.32. The van der Waals surface area contributed by atoms with E-state index in [1.807, 2.05) is 43.5 Å². The summed E-state index contributed by atoms with van der Waals surface area (Å²) in [5, 5.41) is 4.35. The summed E-state index contributed by atoms with van der Waals surface area (Å²) < 4.78 is 15.4. The summed E-state index contributed by atoms with van der Waals surface area (Å²) in [6, 6.07) is 12.9. The van der Waals surface area contributed by atoms with Gasteiger partial charge < -0.3 is 5.73 Å². The van der Waals surface area contributed by atoms with Crippen LogP contribution in [0.25, 0.3) is 16.8 Å². The molecule has 0 aliphatic carbocycles. The number of aromatic nitrogens is 2. The minimum absolute atomic E-state index is 0.281. The van der Waals surface area contributed by atoms with Crippen LogP contribution in [0.2, 0.25) is 0 Å². The Balaban J connectivity index is 2.00. The molecule has 1 heterocycles. The van der Waals surface area contributed by atoms with Crippen molar-refractivity contribution >= 4 is 0 Å². The third kappa shape index (κ3) is 2.85. The average Bonchev–Trinajstić information content (AvgIpc) is 2.96. The molecule has 2 N–H and O–H groups in total. The zero-order valence-corrected chi connectivity index (χ0v) is 11.8. The summed E-state index contributed by atoms with van der Waals surface area (Å²) in [7, 11) is 0. The van der Waals surface area contributed by atoms with Crippen molar-refractivity contribution in [2.75, 3.05) is 0 Å². The standard InChI is InChI=1S/C17H16FN3/c1-12-3-2-4-17(5-12)21-11-15(10-20-21)14-6-13(9-19)7-16(18)8-14/h2-8,10-11H,9,19H2,1H3. The maximum absolute atomic E-state index is 13.6. The molecule has 0 saturated heterocycles. The molecule has 2 aromatic carbocycles. The highest BCUT2D eigenvalue weighted by Crippen LogP contribution is 2.23. The maximum atomic E-state index is 13.6. The zero-order valence-electron chi connectivity index (χ0n) is 11.8. The number of hydrogen-bond donors (Lipinski definition) is 1. The predicted molar refractivity (Wildman–Crippen MR) is 81.6 cm³/mol. The lowest BCUT2D eigenvalue weighted by Gasteiger charge is -2.03. The number of nitrogens with zero attached hydrogens (tertiary/aromatic N) is 2. The third-order valence-electron chi connectivity index (χ3n) is 3.38. The van der Waals surface area contributed by atoms with Crippen molar-refractivity contribution in [2.24, 2.45) is 5.73 Å². The summed E-state index contributed by atoms with van der Waals surface area (Å²) in [5.41, 5.74) is 10.2. The predicted octanol–water partition coefficient (Wildman–Crippen LogP) is 3.45. The number of nitrogens with two attached hydrogens (primary N) is 1. The van der Waals surface area contributed by atoms with Crippen LogP contribution in [0, 0.1) is 12.7 Å². The summed E-state index contributed by atoms with van der Waals surface area (Å²) in [4.78, 5) is 0. The molecule has 0 unspecified atom stereocenters. The molecule has 0 atom stereocenters. The van der Waals surface area contributed by atoms with Crippen molar-refractivity contribution in [3.05, 3.63) is 71.8 Å². The van der Waals surface area contributed by atoms with Gasteiger partial charge in [-0.25, -0.2) is 9.07 Å². The third-order valence-corrected chi connectivity index (χ3v) is 3.38. The van der Waals surface area contributed by atoms with Gasteiger partial charge in [-0.1, -0.05) is 12.1 Å². The number of rotatable bonds is 3. The highest BCUT2D eigenvalue weighted by molar-refractivity contribution is 5.63. The summed E-state index contributed by atoms with van der Waals surface area (Å²) in [5.74, 6) is -0.281. The quantitative estimate of drug-likeness (QED) is 0.799. The molecular weight excluding hydrogens is 265 g/mol. The molecule has 0 aliphatic rings. The van der Waals surface area contributed by atoms with Gasteiger partial charge in [0.2, 0.25) is 0 Å². The van der Waals surface area contributed by atoms with Crippen molar-refractivity contribution in [3.63, 3.8) is 0 Å². The van der Waals surface area contributed by atoms with Crippen molar-refractivity contribution < 1.29 is 4.39 Å². The Hall–Kier alpha value is -2.46. The lowest BCUT2D eigenvalue weighted by Crippen LogP contribution is -1.97. The van der Waals surface area contributed by atoms with Crippen LogP contribution in [0.1, 0.15) is 11.1 Å². The van der Waals surface area contributed by atoms with E-state index in [4.69, 9.17) is 5.73 Å². The molecule has 106 valence electrons. The fourth-order valence-corrected chi connectivity index (χ4v) is 2.32. The van der Waals surface area contributed by atoms with Crippen molar-refractivity contribution in [3.8, 4) is 16.8 Å². The smallest absolute Gasteiger partial charge is 0.124 e. The molecule has 0 aliphatic heterocycles. The van der Waals surface area contributed by atoms with Gasteiger partial charge in [0.05, 0.1) is 11.9 Å². The Morgan fingerprint density at radius 3 is 2.76 bits per heavy atom. The minimum atomic E-state index is -0.281. The first-order chi connectivity index (χ1) is 10.2. The van der Waals surface area contributed by atoms with Gasteiger partial charge in [-0.15, -0.1) is 0 Å². The summed E-state index contributed by atoms with van der Waals surface area (Å²) in [6.07, 6.45) is 3.63. The lowest BCUT2D eigenvalue weighted by atomic mass is 10.1. The second-order valence-electron chi connectivity index (χ2n) is 5.06. The Kier molecular flexibility index (Phi) is 3.54. The second kappa shape index (κ2) is 5.50. The maximum Gasteiger partial charge on any atom is 0.124 e. The van der Waals surface area contributed by atoms with E-state index < -0.39 is 0 Å². The normalized spacial score (nSPS) is 10.8. The second-order valence-corrected chi connectivity index (χ2v) is 5.06. The molecule has 0 saturated carbocycles. The van der Waals surface area contributed by atoms with Gasteiger partial charge in [-0.3, -0.25) is 0 Å². The largest absolute Gasteiger partial charge is 0.326 e. The number of hydrogen-bond acceptors (Lipinski definition) is 2. The molecule has 0 amide bonds. The highest BCUT2D eigenvalue weighted by Gasteiger charge is 2.06. The zero-order chi connectivity index (χ0) is 14.8. The van der Waals surface area contributed by atoms with Crippen molar-refractivity contribution in [1.29, 1.82) is 0 Å². The number of aryl methyl sites for hydroxylation is 1. The van der Waals surface area contributed by atoms with Crippen LogP contribution in [-0.4, -0.2) is 9.78 Å². The molecule has 3 aromatic rings. The molecule has 0 radical (unpaired) electrons. The van der Waals surface area contributed by atoms with Gasteiger partial charge in [-0.2, -0.15) is 5.10 Å². The summed E-state index contributed by atoms with van der Waals surface area (Å²) in [6.45, 7) is 2.35. The van der Waals surface area contributed by atoms with Gasteiger partial charge >= 0.3 is 0 Å². The molecule has 3 nitrogen and oxygen atoms in total. The fraction of sp³-hybridized carbons (Fsp3) is 0.118. The van der Waals surface area contributed by atoms with E-state index in [2.05, 4.69) is 5.10 Å². The van der Waals surface area contributed by atoms with Crippen molar-refractivity contribution in [1.82, 2.24) is 9.78 Å². The van der Waals surface area contributed by atoms with E-state index in [0.29, 0.717) is 6.54 Å². The molecule has 4 heteroatoms. The topological polar surface area (TPSA) is 43.8 Å². The molecule has 0 spiro atoms. The first-order valence-electron chi connectivity index (χ1n) is 6.77. The van der Waals surface area contributed by atoms with E-state index >= 15 is 0 Å². The molecule has 3 rings (SSSR count). The first-order valence-corrected chi connectivity index (χ1v) is 6.77. The molecule has 0 bridgehead atoms. The Morgan fingerprint density at radius 2 is 2.00 bits per heavy atom. The van der Waals surface area contributed by atoms with Gasteiger partial charge in [0, 0.05) is 18.3 Å². The van der Waals surface area contributed by atoms with E-state index in [1.165, 1.54) is 17.7 Å². The van der Waals surface area contributed by atoms with Crippen LogP contribution in [0.3, 0.4) is 0 Å². The van der Waals surface area contributed by atoms with Crippen LogP contribution >= 0.6 is 0 Å². The number of halogens is 1. The average molecular weight is 281 g/mol. The van der Waals surface area contributed by atoms with E-state index in [9.17, 15) is 4.39 Å². The number of benzene rings is 2. The van der Waals surface area contributed by atoms with Gasteiger partial charge in [0.15, 0.2) is 0 Å². The molecule has 0 fully saturated rings. The monoisotopic (exact) mass is 281 g/mol. The highest BCUT2D eigenvalue weighted by atomic mass is 19.1. The van der Waals surface area contributed by atoms with Crippen LogP contribution in [0.5, 0.6) is 0 Å². The van der Waals surface area contributed by atoms with E-state index in [1.54, 1.807) is 10.9 Å². The lowest BCUT2D eigenvalue weighted by molar-refractivity contribution is 0.626. The molecular formula is C17H16FN3. The Labute approximate surface area is 122 Å². The van der Waals surface area contributed by atoms with E-state index in [0.717, 1.165) is 22.4 Å². The van der Waals surface area contributed by atoms with Crippen LogP contribution in [0.4, 0.5) is 4.39 Å². The van der Waals surface area contributed by atoms with E-state index in [-0.39, 0.29) is 5.82 Å². The van der Waals surface area contributed by atoms with Crippen molar-refractivity contribution in [2.45, 2.75) is 13.5 Å². The molecule has 1 aromatic heterocycles. The molecule has 21 heavy (non-hydrogen) atoms. The van der Waals surface area contributed by atoms with Crippen LogP contribution in [0.15, 0.2) is 54.9 Å². The van der Waals surface area contributed by atoms with Gasteiger partial charge in [-0.05, 0) is 53.9 Å².